The molecule has 1 aliphatic rings. The van der Waals surface area contributed by atoms with Crippen molar-refractivity contribution in [2.45, 2.75) is 90.6 Å². The number of hydrogen-bond acceptors (Lipinski definition) is 5. The summed E-state index contributed by atoms with van der Waals surface area (Å²) in [4.78, 5) is 11.7. The van der Waals surface area contributed by atoms with Crippen LogP contribution in [-0.2, 0) is 4.79 Å². The predicted octanol–water partition coefficient (Wildman–Crippen LogP) is 6.47. The molecule has 1 aromatic carbocycles. The molecular formula is C25H45BrN2O2S. The molecule has 31 heavy (non-hydrogen) atoms. The molecule has 4 nitrogen and oxygen atoms in total. The van der Waals surface area contributed by atoms with Gasteiger partial charge in [-0.15, -0.1) is 0 Å². The largest absolute Gasteiger partial charge is 0.396 e. The lowest BCUT2D eigenvalue weighted by Gasteiger charge is -2.43. The highest BCUT2D eigenvalue weighted by Crippen LogP contribution is 2.44. The van der Waals surface area contributed by atoms with Gasteiger partial charge in [0.15, 0.2) is 0 Å². The summed E-state index contributed by atoms with van der Waals surface area (Å²) in [6, 6.07) is 8.45. The lowest BCUT2D eigenvalue weighted by Crippen LogP contribution is -2.41. The van der Waals surface area contributed by atoms with Crippen molar-refractivity contribution in [1.82, 2.24) is 10.0 Å². The second-order valence-corrected chi connectivity index (χ2v) is 10.9. The van der Waals surface area contributed by atoms with E-state index < -0.39 is 5.54 Å². The fraction of sp³-hybridized carbons (Fsp3) is 0.720. The summed E-state index contributed by atoms with van der Waals surface area (Å²) in [5.41, 5.74) is -0.339. The monoisotopic (exact) mass is 516 g/mol. The third-order valence-electron chi connectivity index (χ3n) is 5.85. The van der Waals surface area contributed by atoms with Crippen LogP contribution in [0, 0.1) is 17.3 Å². The Morgan fingerprint density at radius 1 is 1.32 bits per heavy atom. The average Bonchev–Trinajstić information content (AvgIpc) is 2.79. The molecule has 0 saturated heterocycles. The highest BCUT2D eigenvalue weighted by atomic mass is 79.9. The number of carbonyl (C=O) groups is 1. The number of halogens is 1. The standard InChI is InChI=1S/C13H27NO.C10H12BrNOS.C2H6/c1-5-11-6-12(10(2)14-4)8-13(3,7-11)9-15;1-10(2,7-13)12-14-9-6-4-3-5-8(9)11;1-2/h10-12,14-15H,5-9H2,1-4H3;3-7,12H,1-2H3;1-2H3. The van der Waals surface area contributed by atoms with Gasteiger partial charge in [0.1, 0.15) is 6.29 Å². The summed E-state index contributed by atoms with van der Waals surface area (Å²) < 4.78 is 4.11. The normalized spacial score (nSPS) is 24.2. The number of hydrogen-bond donors (Lipinski definition) is 3. The van der Waals surface area contributed by atoms with Crippen LogP contribution in [0.25, 0.3) is 0 Å². The van der Waals surface area contributed by atoms with Crippen molar-refractivity contribution in [3.05, 3.63) is 28.7 Å². The number of aliphatic hydroxyl groups excluding tert-OH is 1. The second-order valence-electron chi connectivity index (χ2n) is 9.20. The molecule has 0 bridgehead atoms. The third-order valence-corrected chi connectivity index (χ3v) is 8.01. The maximum Gasteiger partial charge on any atom is 0.140 e. The molecule has 0 spiro atoms. The van der Waals surface area contributed by atoms with E-state index in [9.17, 15) is 9.90 Å². The third kappa shape index (κ3) is 11.3. The van der Waals surface area contributed by atoms with E-state index in [0.29, 0.717) is 12.6 Å². The van der Waals surface area contributed by atoms with Gasteiger partial charge in [-0.2, -0.15) is 0 Å². The average molecular weight is 518 g/mol. The van der Waals surface area contributed by atoms with Crippen LogP contribution in [0.3, 0.4) is 0 Å². The first kappa shape index (κ1) is 30.6. The molecule has 1 aliphatic carbocycles. The molecule has 3 N–H and O–H groups in total. The Bertz CT molecular complexity index is 629. The zero-order valence-electron chi connectivity index (χ0n) is 20.8. The Labute approximate surface area is 204 Å². The number of carbonyl (C=O) groups excluding carboxylic acids is 1. The van der Waals surface area contributed by atoms with Gasteiger partial charge in [0.05, 0.1) is 5.54 Å². The van der Waals surface area contributed by atoms with Crippen LogP contribution in [0.2, 0.25) is 0 Å². The fourth-order valence-corrected chi connectivity index (χ4v) is 5.06. The van der Waals surface area contributed by atoms with Crippen molar-refractivity contribution in [3.63, 3.8) is 0 Å². The van der Waals surface area contributed by atoms with Gasteiger partial charge < -0.3 is 15.2 Å². The highest BCUT2D eigenvalue weighted by Gasteiger charge is 2.37. The summed E-state index contributed by atoms with van der Waals surface area (Å²) in [6.45, 7) is 14.8. The highest BCUT2D eigenvalue weighted by molar-refractivity contribution is 9.10. The summed E-state index contributed by atoms with van der Waals surface area (Å²) in [5, 5.41) is 12.9. The summed E-state index contributed by atoms with van der Waals surface area (Å²) in [7, 11) is 2.04. The molecule has 1 saturated carbocycles. The molecule has 4 atom stereocenters. The van der Waals surface area contributed by atoms with E-state index in [1.165, 1.54) is 37.6 Å². The Morgan fingerprint density at radius 3 is 2.42 bits per heavy atom. The van der Waals surface area contributed by atoms with Gasteiger partial charge in [-0.25, -0.2) is 4.72 Å². The van der Waals surface area contributed by atoms with Gasteiger partial charge in [-0.05, 0) is 104 Å². The molecule has 0 aliphatic heterocycles. The van der Waals surface area contributed by atoms with E-state index in [1.54, 1.807) is 0 Å². The van der Waals surface area contributed by atoms with E-state index in [-0.39, 0.29) is 5.41 Å². The number of nitrogens with one attached hydrogen (secondary N) is 2. The minimum Gasteiger partial charge on any atom is -0.396 e. The van der Waals surface area contributed by atoms with Gasteiger partial charge in [0.25, 0.3) is 0 Å². The molecule has 0 radical (unpaired) electrons. The molecule has 1 fully saturated rings. The maximum absolute atomic E-state index is 10.6. The van der Waals surface area contributed by atoms with Gasteiger partial charge >= 0.3 is 0 Å². The van der Waals surface area contributed by atoms with Gasteiger partial charge in [-0.1, -0.05) is 46.2 Å². The molecule has 6 heteroatoms. The van der Waals surface area contributed by atoms with Gasteiger partial charge in [0.2, 0.25) is 0 Å². The number of benzene rings is 1. The van der Waals surface area contributed by atoms with Gasteiger partial charge in [-0.3, -0.25) is 0 Å². The molecule has 0 amide bonds. The first-order valence-electron chi connectivity index (χ1n) is 11.5. The van der Waals surface area contributed by atoms with E-state index in [4.69, 9.17) is 0 Å². The Morgan fingerprint density at radius 2 is 1.94 bits per heavy atom. The minimum absolute atomic E-state index is 0.161. The quantitative estimate of drug-likeness (QED) is 0.273. The van der Waals surface area contributed by atoms with Crippen molar-refractivity contribution in [3.8, 4) is 0 Å². The van der Waals surface area contributed by atoms with Crippen molar-refractivity contribution in [1.29, 1.82) is 0 Å². The smallest absolute Gasteiger partial charge is 0.140 e. The summed E-state index contributed by atoms with van der Waals surface area (Å²) in [5.74, 6) is 1.53. The Balaban J connectivity index is 0.000000539. The number of aliphatic hydroxyl groups is 1. The number of rotatable bonds is 8. The van der Waals surface area contributed by atoms with Crippen molar-refractivity contribution in [2.24, 2.45) is 17.3 Å². The van der Waals surface area contributed by atoms with Crippen molar-refractivity contribution < 1.29 is 9.90 Å². The van der Waals surface area contributed by atoms with Gasteiger partial charge in [0, 0.05) is 22.0 Å². The zero-order chi connectivity index (χ0) is 24.1. The van der Waals surface area contributed by atoms with Crippen LogP contribution in [0.15, 0.2) is 33.6 Å². The van der Waals surface area contributed by atoms with Crippen LogP contribution >= 0.6 is 27.9 Å². The van der Waals surface area contributed by atoms with E-state index in [1.807, 2.05) is 59.0 Å². The molecule has 0 heterocycles. The second kappa shape index (κ2) is 15.4. The summed E-state index contributed by atoms with van der Waals surface area (Å²) in [6.07, 6.45) is 5.85. The lowest BCUT2D eigenvalue weighted by atomic mass is 9.64. The molecule has 1 aromatic rings. The van der Waals surface area contributed by atoms with Crippen LogP contribution in [-0.4, -0.2) is 36.6 Å². The molecule has 4 unspecified atom stereocenters. The van der Waals surface area contributed by atoms with E-state index in [0.717, 1.165) is 27.5 Å². The summed E-state index contributed by atoms with van der Waals surface area (Å²) >= 11 is 4.89. The van der Waals surface area contributed by atoms with E-state index in [2.05, 4.69) is 46.7 Å². The molecule has 0 aromatic heterocycles. The Kier molecular flexibility index (Phi) is 15.2. The SMILES string of the molecule is CC.CC(C)(C=O)NSc1ccccc1Br.CCC1CC(C(C)NC)CC(C)(CO)C1. The first-order valence-corrected chi connectivity index (χ1v) is 13.1. The predicted molar refractivity (Wildman–Crippen MR) is 139 cm³/mol. The van der Waals surface area contributed by atoms with Crippen molar-refractivity contribution >= 4 is 34.2 Å². The van der Waals surface area contributed by atoms with Crippen LogP contribution < -0.4 is 10.0 Å². The lowest BCUT2D eigenvalue weighted by molar-refractivity contribution is -0.111. The van der Waals surface area contributed by atoms with Crippen LogP contribution in [0.4, 0.5) is 0 Å². The number of aldehydes is 1. The van der Waals surface area contributed by atoms with E-state index >= 15 is 0 Å². The van der Waals surface area contributed by atoms with Crippen LogP contribution in [0.1, 0.15) is 74.1 Å². The molecule has 180 valence electrons. The van der Waals surface area contributed by atoms with Crippen LogP contribution in [0.5, 0.6) is 0 Å². The Hall–Kier alpha value is -0.400. The molecular weight excluding hydrogens is 472 g/mol. The first-order chi connectivity index (χ1) is 14.6. The van der Waals surface area contributed by atoms with Crippen molar-refractivity contribution in [2.75, 3.05) is 13.7 Å². The topological polar surface area (TPSA) is 61.4 Å². The molecule has 2 rings (SSSR count). The maximum atomic E-state index is 10.6. The fourth-order valence-electron chi connectivity index (χ4n) is 3.80. The zero-order valence-corrected chi connectivity index (χ0v) is 23.2. The minimum atomic E-state index is -0.500.